The molecule has 0 aliphatic carbocycles. The zero-order valence-corrected chi connectivity index (χ0v) is 15.1. The van der Waals surface area contributed by atoms with Crippen LogP contribution in [0.2, 0.25) is 10.0 Å². The highest BCUT2D eigenvalue weighted by atomic mass is 35.5. The number of sulfonamides is 1. The second-order valence-electron chi connectivity index (χ2n) is 4.73. The molecule has 0 aromatic heterocycles. The molecule has 0 spiro atoms. The predicted octanol–water partition coefficient (Wildman–Crippen LogP) is 3.75. The van der Waals surface area contributed by atoms with Gasteiger partial charge in [0.05, 0.1) is 22.2 Å². The van der Waals surface area contributed by atoms with Crippen molar-refractivity contribution in [2.24, 2.45) is 0 Å². The van der Waals surface area contributed by atoms with Crippen molar-refractivity contribution in [2.45, 2.75) is 11.8 Å². The van der Waals surface area contributed by atoms with Crippen molar-refractivity contribution in [1.82, 2.24) is 0 Å². The Balaban J connectivity index is 2.52. The van der Waals surface area contributed by atoms with Crippen molar-refractivity contribution < 1.29 is 17.9 Å². The second-order valence-corrected chi connectivity index (χ2v) is 7.43. The number of rotatable bonds is 6. The van der Waals surface area contributed by atoms with Crippen molar-refractivity contribution >= 4 is 44.9 Å². The summed E-state index contributed by atoms with van der Waals surface area (Å²) in [7, 11) is -4.00. The lowest BCUT2D eigenvalue weighted by Crippen LogP contribution is -2.36. The maximum Gasteiger partial charge on any atom is 0.326 e. The van der Waals surface area contributed by atoms with Gasteiger partial charge < -0.3 is 4.74 Å². The van der Waals surface area contributed by atoms with Gasteiger partial charge in [0.15, 0.2) is 0 Å². The van der Waals surface area contributed by atoms with E-state index in [4.69, 9.17) is 27.9 Å². The smallest absolute Gasteiger partial charge is 0.326 e. The van der Waals surface area contributed by atoms with Crippen LogP contribution in [0, 0.1) is 0 Å². The van der Waals surface area contributed by atoms with Gasteiger partial charge in [-0.15, -0.1) is 0 Å². The molecule has 0 saturated carbocycles. The number of carbonyl (C=O) groups is 1. The first kappa shape index (κ1) is 18.6. The quantitative estimate of drug-likeness (QED) is 0.707. The van der Waals surface area contributed by atoms with Crippen molar-refractivity contribution in [3.05, 3.63) is 58.6 Å². The lowest BCUT2D eigenvalue weighted by atomic mass is 10.3. The molecular formula is C16H15Cl2NO4S. The minimum Gasteiger partial charge on any atom is -0.465 e. The van der Waals surface area contributed by atoms with E-state index >= 15 is 0 Å². The number of hydrogen-bond acceptors (Lipinski definition) is 4. The molecule has 0 amide bonds. The minimum absolute atomic E-state index is 0.0420. The van der Waals surface area contributed by atoms with Crippen LogP contribution in [0.5, 0.6) is 0 Å². The summed E-state index contributed by atoms with van der Waals surface area (Å²) in [5.74, 6) is -0.678. The summed E-state index contributed by atoms with van der Waals surface area (Å²) in [5.41, 5.74) is 0.151. The normalized spacial score (nSPS) is 11.1. The van der Waals surface area contributed by atoms with E-state index in [0.29, 0.717) is 5.02 Å². The highest BCUT2D eigenvalue weighted by molar-refractivity contribution is 7.92. The van der Waals surface area contributed by atoms with Crippen molar-refractivity contribution in [1.29, 1.82) is 0 Å². The number of ether oxygens (including phenoxy) is 1. The molecule has 8 heteroatoms. The summed E-state index contributed by atoms with van der Waals surface area (Å²) in [5, 5.41) is 0.475. The van der Waals surface area contributed by atoms with Crippen LogP contribution in [0.1, 0.15) is 6.92 Å². The fourth-order valence-electron chi connectivity index (χ4n) is 2.03. The lowest BCUT2D eigenvalue weighted by Gasteiger charge is -2.24. The van der Waals surface area contributed by atoms with Gasteiger partial charge in [-0.3, -0.25) is 9.10 Å². The first-order chi connectivity index (χ1) is 11.4. The maximum atomic E-state index is 12.9. The summed E-state index contributed by atoms with van der Waals surface area (Å²) in [6, 6.07) is 12.1. The maximum absolute atomic E-state index is 12.9. The molecule has 0 heterocycles. The number of carbonyl (C=O) groups excluding carboxylic acids is 1. The molecule has 0 saturated heterocycles. The van der Waals surface area contributed by atoms with E-state index in [1.807, 2.05) is 0 Å². The van der Waals surface area contributed by atoms with Crippen LogP contribution in [-0.2, 0) is 19.6 Å². The van der Waals surface area contributed by atoms with Crippen LogP contribution in [0.3, 0.4) is 0 Å². The van der Waals surface area contributed by atoms with E-state index in [2.05, 4.69) is 0 Å². The summed E-state index contributed by atoms with van der Waals surface area (Å²) in [4.78, 5) is 11.9. The Morgan fingerprint density at radius 2 is 1.79 bits per heavy atom. The standard InChI is InChI=1S/C16H15Cl2NO4S/c1-2-23-16(20)11-19(15-9-8-12(17)10-14(15)18)24(21,22)13-6-4-3-5-7-13/h3-10H,2,11H2,1H3. The van der Waals surface area contributed by atoms with E-state index in [-0.39, 0.29) is 22.2 Å². The Labute approximate surface area is 150 Å². The number of esters is 1. The first-order valence-electron chi connectivity index (χ1n) is 7.04. The number of halogens is 2. The molecule has 24 heavy (non-hydrogen) atoms. The molecule has 2 aromatic carbocycles. The number of hydrogen-bond donors (Lipinski definition) is 0. The van der Waals surface area contributed by atoms with Gasteiger partial charge in [-0.25, -0.2) is 8.42 Å². The Kier molecular flexibility index (Phi) is 6.10. The highest BCUT2D eigenvalue weighted by Crippen LogP contribution is 2.32. The van der Waals surface area contributed by atoms with E-state index in [1.54, 1.807) is 25.1 Å². The fraction of sp³-hybridized carbons (Fsp3) is 0.188. The lowest BCUT2D eigenvalue weighted by molar-refractivity contribution is -0.141. The van der Waals surface area contributed by atoms with Gasteiger partial charge in [0.25, 0.3) is 10.0 Å². The molecule has 2 rings (SSSR count). The zero-order chi connectivity index (χ0) is 17.7. The third-order valence-electron chi connectivity index (χ3n) is 3.09. The topological polar surface area (TPSA) is 63.7 Å². The summed E-state index contributed by atoms with van der Waals surface area (Å²) >= 11 is 12.0. The Hall–Kier alpha value is -1.76. The van der Waals surface area contributed by atoms with Crippen LogP contribution >= 0.6 is 23.2 Å². The van der Waals surface area contributed by atoms with Gasteiger partial charge in [0, 0.05) is 5.02 Å². The molecule has 0 aliphatic rings. The van der Waals surface area contributed by atoms with Crippen LogP contribution in [-0.4, -0.2) is 27.5 Å². The largest absolute Gasteiger partial charge is 0.465 e. The van der Waals surface area contributed by atoms with Crippen LogP contribution in [0.25, 0.3) is 0 Å². The van der Waals surface area contributed by atoms with Crippen molar-refractivity contribution in [3.8, 4) is 0 Å². The van der Waals surface area contributed by atoms with Crippen LogP contribution in [0.15, 0.2) is 53.4 Å². The van der Waals surface area contributed by atoms with Crippen LogP contribution in [0.4, 0.5) is 5.69 Å². The third-order valence-corrected chi connectivity index (χ3v) is 5.40. The zero-order valence-electron chi connectivity index (χ0n) is 12.8. The van der Waals surface area contributed by atoms with E-state index < -0.39 is 22.5 Å². The Bertz CT molecular complexity index is 825. The molecule has 0 aliphatic heterocycles. The average molecular weight is 388 g/mol. The van der Waals surface area contributed by atoms with Gasteiger partial charge in [0.2, 0.25) is 0 Å². The molecule has 0 radical (unpaired) electrons. The van der Waals surface area contributed by atoms with Crippen molar-refractivity contribution in [2.75, 3.05) is 17.5 Å². The minimum atomic E-state index is -4.00. The van der Waals surface area contributed by atoms with Crippen molar-refractivity contribution in [3.63, 3.8) is 0 Å². The molecule has 128 valence electrons. The highest BCUT2D eigenvalue weighted by Gasteiger charge is 2.29. The second kappa shape index (κ2) is 7.88. The summed E-state index contributed by atoms with van der Waals surface area (Å²) < 4.78 is 31.7. The van der Waals surface area contributed by atoms with Gasteiger partial charge in [-0.05, 0) is 37.3 Å². The first-order valence-corrected chi connectivity index (χ1v) is 9.24. The monoisotopic (exact) mass is 387 g/mol. The molecule has 5 nitrogen and oxygen atoms in total. The van der Waals surface area contributed by atoms with Gasteiger partial charge in [0.1, 0.15) is 6.54 Å². The molecule has 0 atom stereocenters. The predicted molar refractivity (Wildman–Crippen MR) is 94.1 cm³/mol. The number of benzene rings is 2. The Morgan fingerprint density at radius 3 is 2.38 bits per heavy atom. The molecule has 0 fully saturated rings. The number of anilines is 1. The molecular weight excluding hydrogens is 373 g/mol. The van der Waals surface area contributed by atoms with Gasteiger partial charge in [-0.1, -0.05) is 41.4 Å². The fourth-order valence-corrected chi connectivity index (χ4v) is 4.04. The molecule has 0 bridgehead atoms. The van der Waals surface area contributed by atoms with E-state index in [9.17, 15) is 13.2 Å². The summed E-state index contributed by atoms with van der Waals surface area (Å²) in [6.45, 7) is 1.29. The van der Waals surface area contributed by atoms with Gasteiger partial charge in [-0.2, -0.15) is 0 Å². The molecule has 0 N–H and O–H groups in total. The van der Waals surface area contributed by atoms with E-state index in [0.717, 1.165) is 4.31 Å². The third kappa shape index (κ3) is 4.20. The SMILES string of the molecule is CCOC(=O)CN(c1ccc(Cl)cc1Cl)S(=O)(=O)c1ccccc1. The Morgan fingerprint density at radius 1 is 1.12 bits per heavy atom. The van der Waals surface area contributed by atoms with Crippen LogP contribution < -0.4 is 4.31 Å². The molecule has 2 aromatic rings. The molecule has 0 unspecified atom stereocenters. The number of nitrogens with zero attached hydrogens (tertiary/aromatic N) is 1. The van der Waals surface area contributed by atoms with E-state index in [1.165, 1.54) is 30.3 Å². The average Bonchev–Trinajstić information content (AvgIpc) is 2.54. The summed E-state index contributed by atoms with van der Waals surface area (Å²) in [6.07, 6.45) is 0. The van der Waals surface area contributed by atoms with Gasteiger partial charge >= 0.3 is 5.97 Å².